The van der Waals surface area contributed by atoms with Crippen molar-refractivity contribution in [1.29, 1.82) is 5.26 Å². The number of hydrogen-bond donors (Lipinski definition) is 0. The molecule has 0 amide bonds. The van der Waals surface area contributed by atoms with Gasteiger partial charge in [0.05, 0.1) is 11.4 Å². The van der Waals surface area contributed by atoms with Crippen LogP contribution in [0.4, 0.5) is 0 Å². The maximum atomic E-state index is 9.19. The topological polar surface area (TPSA) is 45.9 Å². The van der Waals surface area contributed by atoms with Crippen molar-refractivity contribution < 1.29 is 4.74 Å². The summed E-state index contributed by atoms with van der Waals surface area (Å²) in [6.45, 7) is 0.336. The summed E-state index contributed by atoms with van der Waals surface area (Å²) in [4.78, 5) is 4.43. The van der Waals surface area contributed by atoms with Gasteiger partial charge in [0.2, 0.25) is 5.88 Å². The first kappa shape index (κ1) is 12.7. The van der Waals surface area contributed by atoms with E-state index in [1.54, 1.807) is 6.07 Å². The second-order valence-corrected chi connectivity index (χ2v) is 4.76. The van der Waals surface area contributed by atoms with Gasteiger partial charge in [-0.3, -0.25) is 0 Å². The van der Waals surface area contributed by atoms with Gasteiger partial charge in [0.25, 0.3) is 0 Å². The largest absolute Gasteiger partial charge is 0.475 e. The minimum absolute atomic E-state index is 0.336. The lowest BCUT2D eigenvalue weighted by Crippen LogP contribution is -2.02. The van der Waals surface area contributed by atoms with Gasteiger partial charge in [-0.2, -0.15) is 5.26 Å². The van der Waals surface area contributed by atoms with Crippen LogP contribution in [0.5, 0.6) is 5.88 Å². The number of fused-ring (bicyclic) bond motifs is 2. The normalized spacial score (nSPS) is 10.6. The van der Waals surface area contributed by atoms with Gasteiger partial charge in [-0.25, -0.2) is 4.98 Å². The van der Waals surface area contributed by atoms with Crippen LogP contribution >= 0.6 is 11.6 Å². The molecule has 0 N–H and O–H groups in total. The van der Waals surface area contributed by atoms with Gasteiger partial charge < -0.3 is 4.74 Å². The lowest BCUT2D eigenvalue weighted by molar-refractivity contribution is 0.329. The molecule has 0 saturated carbocycles. The predicted octanol–water partition coefficient (Wildman–Crippen LogP) is 3.88. The Labute approximate surface area is 121 Å². The van der Waals surface area contributed by atoms with Gasteiger partial charge in [-0.1, -0.05) is 24.3 Å². The zero-order valence-electron chi connectivity index (χ0n) is 10.6. The molecule has 0 aliphatic rings. The highest BCUT2D eigenvalue weighted by Gasteiger charge is 2.08. The smallest absolute Gasteiger partial charge is 0.232 e. The second kappa shape index (κ2) is 5.36. The maximum absolute atomic E-state index is 9.19. The van der Waals surface area contributed by atoms with E-state index in [1.165, 1.54) is 0 Å². The Morgan fingerprint density at radius 2 is 1.85 bits per heavy atom. The lowest BCUT2D eigenvalue weighted by atomic mass is 10.1. The molecule has 0 aliphatic carbocycles. The quantitative estimate of drug-likeness (QED) is 0.541. The summed E-state index contributed by atoms with van der Waals surface area (Å²) in [5, 5.41) is 12.4. The number of aromatic nitrogens is 1. The fourth-order valence-corrected chi connectivity index (χ4v) is 2.25. The molecule has 0 aliphatic heterocycles. The zero-order valence-corrected chi connectivity index (χ0v) is 11.4. The van der Waals surface area contributed by atoms with Crippen molar-refractivity contribution in [3.63, 3.8) is 0 Å². The number of ether oxygens (including phenoxy) is 1. The molecule has 0 saturated heterocycles. The van der Waals surface area contributed by atoms with Gasteiger partial charge in [-0.15, -0.1) is 11.6 Å². The number of nitriles is 1. The molecular weight excluding hydrogens is 272 g/mol. The van der Waals surface area contributed by atoms with Crippen molar-refractivity contribution in [2.24, 2.45) is 0 Å². The molecule has 20 heavy (non-hydrogen) atoms. The Bertz CT molecular complexity index is 824. The molecule has 0 atom stereocenters. The van der Waals surface area contributed by atoms with E-state index in [0.29, 0.717) is 23.9 Å². The van der Waals surface area contributed by atoms with Gasteiger partial charge in [0.1, 0.15) is 18.2 Å². The van der Waals surface area contributed by atoms with Crippen molar-refractivity contribution in [3.05, 3.63) is 48.0 Å². The van der Waals surface area contributed by atoms with Crippen molar-refractivity contribution in [2.45, 2.75) is 0 Å². The van der Waals surface area contributed by atoms with Crippen molar-refractivity contribution in [3.8, 4) is 11.9 Å². The van der Waals surface area contributed by atoms with Crippen LogP contribution in [0.3, 0.4) is 0 Å². The summed E-state index contributed by atoms with van der Waals surface area (Å²) < 4.78 is 5.43. The highest BCUT2D eigenvalue weighted by Crippen LogP contribution is 2.26. The average Bonchev–Trinajstić information content (AvgIpc) is 2.49. The SMILES string of the molecule is N#Cc1cc2cc3ccccc3cc2nc1OCCCl. The van der Waals surface area contributed by atoms with Crippen LogP contribution < -0.4 is 4.74 Å². The van der Waals surface area contributed by atoms with Crippen molar-refractivity contribution >= 4 is 33.3 Å². The van der Waals surface area contributed by atoms with E-state index in [2.05, 4.69) is 11.1 Å². The Morgan fingerprint density at radius 3 is 2.55 bits per heavy atom. The van der Waals surface area contributed by atoms with Crippen LogP contribution in [0, 0.1) is 11.3 Å². The molecule has 4 heteroatoms. The number of alkyl halides is 1. The standard InChI is InChI=1S/C16H11ClN2O/c17-5-6-20-16-14(10-18)8-13-7-11-3-1-2-4-12(11)9-15(13)19-16/h1-4,7-9H,5-6H2. The number of pyridine rings is 1. The molecule has 3 rings (SSSR count). The number of rotatable bonds is 3. The van der Waals surface area contributed by atoms with E-state index in [1.807, 2.05) is 36.4 Å². The van der Waals surface area contributed by atoms with Crippen LogP contribution in [0.1, 0.15) is 5.56 Å². The van der Waals surface area contributed by atoms with Crippen LogP contribution in [-0.2, 0) is 0 Å². The predicted molar refractivity (Wildman–Crippen MR) is 80.2 cm³/mol. The average molecular weight is 283 g/mol. The monoisotopic (exact) mass is 282 g/mol. The van der Waals surface area contributed by atoms with Crippen LogP contribution in [0.25, 0.3) is 21.7 Å². The zero-order chi connectivity index (χ0) is 13.9. The van der Waals surface area contributed by atoms with E-state index in [-0.39, 0.29) is 0 Å². The molecule has 3 aromatic rings. The molecule has 3 nitrogen and oxygen atoms in total. The molecule has 0 fully saturated rings. The van der Waals surface area contributed by atoms with Gasteiger partial charge >= 0.3 is 0 Å². The van der Waals surface area contributed by atoms with Gasteiger partial charge in [-0.05, 0) is 29.0 Å². The fourth-order valence-electron chi connectivity index (χ4n) is 2.17. The summed E-state index contributed by atoms with van der Waals surface area (Å²) in [6, 6.07) is 16.0. The Morgan fingerprint density at radius 1 is 1.10 bits per heavy atom. The third-order valence-corrected chi connectivity index (χ3v) is 3.24. The minimum atomic E-state index is 0.336. The third-order valence-electron chi connectivity index (χ3n) is 3.08. The molecule has 1 aromatic heterocycles. The number of hydrogen-bond acceptors (Lipinski definition) is 3. The molecule has 0 bridgehead atoms. The van der Waals surface area contributed by atoms with Crippen LogP contribution in [0.2, 0.25) is 0 Å². The van der Waals surface area contributed by atoms with E-state index in [0.717, 1.165) is 21.7 Å². The number of benzene rings is 2. The lowest BCUT2D eigenvalue weighted by Gasteiger charge is -2.08. The third kappa shape index (κ3) is 2.26. The molecule has 1 heterocycles. The molecular formula is C16H11ClN2O. The summed E-state index contributed by atoms with van der Waals surface area (Å²) >= 11 is 5.61. The Balaban J connectivity index is 2.22. The Kier molecular flexibility index (Phi) is 3.41. The van der Waals surface area contributed by atoms with E-state index < -0.39 is 0 Å². The molecule has 0 unspecified atom stereocenters. The number of nitrogens with zero attached hydrogens (tertiary/aromatic N) is 2. The summed E-state index contributed by atoms with van der Waals surface area (Å²) in [5.74, 6) is 0.707. The Hall–Kier alpha value is -2.31. The maximum Gasteiger partial charge on any atom is 0.232 e. The van der Waals surface area contributed by atoms with Crippen LogP contribution in [-0.4, -0.2) is 17.5 Å². The minimum Gasteiger partial charge on any atom is -0.475 e. The van der Waals surface area contributed by atoms with Crippen molar-refractivity contribution in [2.75, 3.05) is 12.5 Å². The van der Waals surface area contributed by atoms with Gasteiger partial charge in [0, 0.05) is 5.39 Å². The highest BCUT2D eigenvalue weighted by atomic mass is 35.5. The highest BCUT2D eigenvalue weighted by molar-refractivity contribution is 6.18. The number of halogens is 1. The van der Waals surface area contributed by atoms with Gasteiger partial charge in [0.15, 0.2) is 0 Å². The first-order valence-electron chi connectivity index (χ1n) is 6.24. The van der Waals surface area contributed by atoms with E-state index in [4.69, 9.17) is 16.3 Å². The second-order valence-electron chi connectivity index (χ2n) is 4.38. The van der Waals surface area contributed by atoms with Crippen LogP contribution in [0.15, 0.2) is 42.5 Å². The molecule has 98 valence electrons. The summed E-state index contributed by atoms with van der Waals surface area (Å²) in [6.07, 6.45) is 0. The summed E-state index contributed by atoms with van der Waals surface area (Å²) in [5.41, 5.74) is 1.24. The molecule has 0 spiro atoms. The summed E-state index contributed by atoms with van der Waals surface area (Å²) in [7, 11) is 0. The van der Waals surface area contributed by atoms with Crippen molar-refractivity contribution in [1.82, 2.24) is 4.98 Å². The fraction of sp³-hybridized carbons (Fsp3) is 0.125. The van der Waals surface area contributed by atoms with E-state index >= 15 is 0 Å². The first-order valence-corrected chi connectivity index (χ1v) is 6.77. The van der Waals surface area contributed by atoms with E-state index in [9.17, 15) is 5.26 Å². The first-order chi connectivity index (χ1) is 9.81. The molecule has 2 aromatic carbocycles. The molecule has 0 radical (unpaired) electrons.